The Hall–Kier alpha value is -3.60. The van der Waals surface area contributed by atoms with Gasteiger partial charge in [0.25, 0.3) is 0 Å². The molecule has 0 saturated heterocycles. The molecule has 1 aromatic heterocycles. The first-order valence-corrected chi connectivity index (χ1v) is 9.09. The molecule has 0 fully saturated rings. The highest BCUT2D eigenvalue weighted by atomic mass is 19.1. The molecule has 0 aliphatic carbocycles. The molecule has 2 N–H and O–H groups in total. The van der Waals surface area contributed by atoms with E-state index in [2.05, 4.69) is 11.6 Å². The van der Waals surface area contributed by atoms with E-state index in [9.17, 15) is 9.18 Å². The van der Waals surface area contributed by atoms with Gasteiger partial charge in [-0.1, -0.05) is 18.7 Å². The van der Waals surface area contributed by atoms with Gasteiger partial charge in [0.2, 0.25) is 0 Å². The zero-order valence-corrected chi connectivity index (χ0v) is 16.5. The molecule has 0 radical (unpaired) electrons. The van der Waals surface area contributed by atoms with E-state index in [0.717, 1.165) is 33.7 Å². The molecule has 0 spiro atoms. The molecule has 0 bridgehead atoms. The van der Waals surface area contributed by atoms with Crippen molar-refractivity contribution in [2.24, 2.45) is 0 Å². The number of carbonyl (C=O) groups is 1. The van der Waals surface area contributed by atoms with Crippen LogP contribution in [0.1, 0.15) is 29.8 Å². The van der Waals surface area contributed by atoms with Crippen LogP contribution in [0.5, 0.6) is 5.75 Å². The Bertz CT molecular complexity index is 1120. The van der Waals surface area contributed by atoms with Gasteiger partial charge in [0.1, 0.15) is 11.6 Å². The monoisotopic (exact) mass is 391 g/mol. The van der Waals surface area contributed by atoms with Crippen molar-refractivity contribution in [1.82, 2.24) is 4.98 Å². The summed E-state index contributed by atoms with van der Waals surface area (Å²) in [5.74, 6) is -1.32. The Morgan fingerprint density at radius 1 is 1.07 bits per heavy atom. The van der Waals surface area contributed by atoms with Crippen LogP contribution in [0.3, 0.4) is 0 Å². The van der Waals surface area contributed by atoms with Crippen molar-refractivity contribution in [2.45, 2.75) is 13.8 Å². The minimum absolute atomic E-state index is 0.349. The SMILES string of the molecule is C=C(/C(C)=C/C)c1cc(-c2ccc(-c3ccc(C(=O)O)c(F)c3)[nH]2)ccc1OC. The molecular weight excluding hydrogens is 369 g/mol. The Kier molecular flexibility index (Phi) is 5.69. The largest absolute Gasteiger partial charge is 0.496 e. The molecule has 3 aromatic rings. The lowest BCUT2D eigenvalue weighted by atomic mass is 9.97. The van der Waals surface area contributed by atoms with E-state index in [0.29, 0.717) is 11.3 Å². The summed E-state index contributed by atoms with van der Waals surface area (Å²) in [5.41, 5.74) is 5.52. The van der Waals surface area contributed by atoms with Crippen LogP contribution in [0.15, 0.2) is 66.8 Å². The normalized spacial score (nSPS) is 11.4. The predicted octanol–water partition coefficient (Wildman–Crippen LogP) is 6.17. The van der Waals surface area contributed by atoms with E-state index in [1.807, 2.05) is 50.3 Å². The number of ether oxygens (including phenoxy) is 1. The quantitative estimate of drug-likeness (QED) is 0.494. The number of rotatable bonds is 6. The van der Waals surface area contributed by atoms with Crippen molar-refractivity contribution in [3.8, 4) is 28.3 Å². The van der Waals surface area contributed by atoms with Crippen molar-refractivity contribution < 1.29 is 19.0 Å². The molecule has 148 valence electrons. The molecule has 0 atom stereocenters. The number of aromatic amines is 1. The number of carboxylic acids is 1. The molecule has 3 rings (SSSR count). The molecule has 0 aliphatic heterocycles. The number of hydrogen-bond acceptors (Lipinski definition) is 2. The second kappa shape index (κ2) is 8.19. The van der Waals surface area contributed by atoms with Crippen LogP contribution < -0.4 is 4.74 Å². The third kappa shape index (κ3) is 3.99. The van der Waals surface area contributed by atoms with Crippen molar-refractivity contribution in [3.63, 3.8) is 0 Å². The minimum Gasteiger partial charge on any atom is -0.496 e. The Morgan fingerprint density at radius 2 is 1.69 bits per heavy atom. The second-order valence-electron chi connectivity index (χ2n) is 6.65. The van der Waals surface area contributed by atoms with E-state index in [4.69, 9.17) is 9.84 Å². The highest BCUT2D eigenvalue weighted by molar-refractivity contribution is 5.88. The maximum Gasteiger partial charge on any atom is 0.338 e. The van der Waals surface area contributed by atoms with Gasteiger partial charge in [-0.2, -0.15) is 0 Å². The highest BCUT2D eigenvalue weighted by Crippen LogP contribution is 2.34. The van der Waals surface area contributed by atoms with Gasteiger partial charge in [-0.05, 0) is 73.0 Å². The van der Waals surface area contributed by atoms with Crippen LogP contribution in [0.4, 0.5) is 4.39 Å². The van der Waals surface area contributed by atoms with Crippen molar-refractivity contribution >= 4 is 11.5 Å². The molecule has 0 unspecified atom stereocenters. The molecular formula is C24H22FNO3. The number of hydrogen-bond donors (Lipinski definition) is 2. The standard InChI is InChI=1S/C24H22FNO3/c1-5-14(2)15(3)19-12-16(7-11-23(19)29-4)21-9-10-22(26-21)17-6-8-18(24(27)28)20(25)13-17/h5-13,26H,3H2,1-2,4H3,(H,27,28)/b14-5+. The van der Waals surface area contributed by atoms with E-state index >= 15 is 0 Å². The molecule has 2 aromatic carbocycles. The van der Waals surface area contributed by atoms with Crippen LogP contribution in [0, 0.1) is 5.82 Å². The van der Waals surface area contributed by atoms with E-state index in [1.165, 1.54) is 12.1 Å². The summed E-state index contributed by atoms with van der Waals surface area (Å²) in [6, 6.07) is 13.6. The molecule has 0 saturated carbocycles. The van der Waals surface area contributed by atoms with Crippen LogP contribution in [0.2, 0.25) is 0 Å². The smallest absolute Gasteiger partial charge is 0.338 e. The fourth-order valence-electron chi connectivity index (χ4n) is 3.09. The Balaban J connectivity index is 1.99. The van der Waals surface area contributed by atoms with Crippen LogP contribution in [-0.4, -0.2) is 23.2 Å². The maximum atomic E-state index is 14.0. The topological polar surface area (TPSA) is 62.3 Å². The van der Waals surface area contributed by atoms with Gasteiger partial charge in [-0.15, -0.1) is 0 Å². The number of nitrogens with one attached hydrogen (secondary N) is 1. The zero-order valence-electron chi connectivity index (χ0n) is 16.5. The average Bonchev–Trinajstić information content (AvgIpc) is 3.22. The summed E-state index contributed by atoms with van der Waals surface area (Å²) in [6.45, 7) is 8.13. The van der Waals surface area contributed by atoms with E-state index in [-0.39, 0.29) is 5.56 Å². The summed E-state index contributed by atoms with van der Waals surface area (Å²) in [7, 11) is 1.62. The van der Waals surface area contributed by atoms with Crippen molar-refractivity contribution in [3.05, 3.63) is 83.7 Å². The number of halogens is 1. The molecule has 4 nitrogen and oxygen atoms in total. The number of aromatic carboxylic acids is 1. The number of allylic oxidation sites excluding steroid dienone is 3. The summed E-state index contributed by atoms with van der Waals surface area (Å²) in [4.78, 5) is 14.3. The summed E-state index contributed by atoms with van der Waals surface area (Å²) >= 11 is 0. The van der Waals surface area contributed by atoms with Crippen LogP contribution in [0.25, 0.3) is 28.1 Å². The number of aromatic nitrogens is 1. The fourth-order valence-corrected chi connectivity index (χ4v) is 3.09. The average molecular weight is 391 g/mol. The van der Waals surface area contributed by atoms with E-state index < -0.39 is 11.8 Å². The first kappa shape index (κ1) is 20.1. The summed E-state index contributed by atoms with van der Waals surface area (Å²) in [5, 5.41) is 8.98. The first-order chi connectivity index (χ1) is 13.8. The van der Waals surface area contributed by atoms with Gasteiger partial charge >= 0.3 is 5.97 Å². The maximum absolute atomic E-state index is 14.0. The lowest BCUT2D eigenvalue weighted by molar-refractivity contribution is 0.0692. The number of H-pyrrole nitrogens is 1. The van der Waals surface area contributed by atoms with Gasteiger partial charge in [0.15, 0.2) is 0 Å². The molecule has 1 heterocycles. The zero-order chi connectivity index (χ0) is 21.1. The molecule has 0 aliphatic rings. The first-order valence-electron chi connectivity index (χ1n) is 9.09. The van der Waals surface area contributed by atoms with Crippen molar-refractivity contribution in [2.75, 3.05) is 7.11 Å². The second-order valence-corrected chi connectivity index (χ2v) is 6.65. The fraction of sp³-hybridized carbons (Fsp3) is 0.125. The van der Waals surface area contributed by atoms with Gasteiger partial charge < -0.3 is 14.8 Å². The predicted molar refractivity (Wildman–Crippen MR) is 114 cm³/mol. The number of carboxylic acid groups (broad SMARTS) is 1. The van der Waals surface area contributed by atoms with Gasteiger partial charge in [-0.3, -0.25) is 0 Å². The summed E-state index contributed by atoms with van der Waals surface area (Å²) in [6.07, 6.45) is 2.00. The van der Waals surface area contributed by atoms with Gasteiger partial charge in [0, 0.05) is 22.5 Å². The molecule has 0 amide bonds. The minimum atomic E-state index is -1.29. The number of benzene rings is 2. The lowest BCUT2D eigenvalue weighted by Crippen LogP contribution is -2.00. The third-order valence-corrected chi connectivity index (χ3v) is 4.94. The Morgan fingerprint density at radius 3 is 2.24 bits per heavy atom. The molecule has 5 heteroatoms. The molecule has 29 heavy (non-hydrogen) atoms. The van der Waals surface area contributed by atoms with Gasteiger partial charge in [0.05, 0.1) is 12.7 Å². The van der Waals surface area contributed by atoms with E-state index in [1.54, 1.807) is 13.2 Å². The highest BCUT2D eigenvalue weighted by Gasteiger charge is 2.14. The van der Waals surface area contributed by atoms with Crippen LogP contribution in [-0.2, 0) is 0 Å². The third-order valence-electron chi connectivity index (χ3n) is 4.94. The summed E-state index contributed by atoms with van der Waals surface area (Å²) < 4.78 is 19.5. The van der Waals surface area contributed by atoms with Crippen LogP contribution >= 0.6 is 0 Å². The lowest BCUT2D eigenvalue weighted by Gasteiger charge is -2.13. The van der Waals surface area contributed by atoms with Gasteiger partial charge in [-0.25, -0.2) is 9.18 Å². The Labute approximate surface area is 169 Å². The van der Waals surface area contributed by atoms with Crippen molar-refractivity contribution in [1.29, 1.82) is 0 Å². The number of methoxy groups -OCH3 is 1.